The van der Waals surface area contributed by atoms with Gasteiger partial charge in [0.2, 0.25) is 5.95 Å². The van der Waals surface area contributed by atoms with E-state index in [4.69, 9.17) is 0 Å². The van der Waals surface area contributed by atoms with Crippen LogP contribution in [0.4, 0.5) is 10.2 Å². The fourth-order valence-electron chi connectivity index (χ4n) is 2.20. The third kappa shape index (κ3) is 3.23. The molecule has 3 nitrogen and oxygen atoms in total. The lowest BCUT2D eigenvalue weighted by Gasteiger charge is -2.20. The molecule has 1 N–H and O–H groups in total. The van der Waals surface area contributed by atoms with Gasteiger partial charge >= 0.3 is 0 Å². The van der Waals surface area contributed by atoms with E-state index in [-0.39, 0.29) is 6.04 Å². The Bertz CT molecular complexity index is 662. The van der Waals surface area contributed by atoms with Gasteiger partial charge in [0, 0.05) is 12.4 Å². The lowest BCUT2D eigenvalue weighted by atomic mass is 10.00. The van der Waals surface area contributed by atoms with Crippen molar-refractivity contribution in [1.29, 1.82) is 0 Å². The van der Waals surface area contributed by atoms with Gasteiger partial charge in [-0.1, -0.05) is 36.4 Å². The molecule has 0 aliphatic rings. The molecule has 3 aromatic rings. The number of aromatic nitrogens is 2. The maximum Gasteiger partial charge on any atom is 0.214 e. The van der Waals surface area contributed by atoms with Crippen LogP contribution in [0.15, 0.2) is 73.1 Å². The highest BCUT2D eigenvalue weighted by Gasteiger charge is 2.14. The number of hydrogen-bond acceptors (Lipinski definition) is 3. The molecule has 1 unspecified atom stereocenters. The molecule has 0 aliphatic carbocycles. The first-order valence-corrected chi connectivity index (χ1v) is 6.67. The number of pyridine rings is 2. The first kappa shape index (κ1) is 13.2. The SMILES string of the molecule is Fc1cccc(NC(c2ccccc2)c2ccncc2)n1. The molecule has 1 atom stereocenters. The summed E-state index contributed by atoms with van der Waals surface area (Å²) in [4.78, 5) is 7.91. The van der Waals surface area contributed by atoms with Crippen LogP contribution in [0.1, 0.15) is 17.2 Å². The summed E-state index contributed by atoms with van der Waals surface area (Å²) in [6.45, 7) is 0. The monoisotopic (exact) mass is 279 g/mol. The van der Waals surface area contributed by atoms with Crippen molar-refractivity contribution in [3.8, 4) is 0 Å². The molecular formula is C17H14FN3. The molecule has 0 radical (unpaired) electrons. The number of nitrogens with one attached hydrogen (secondary N) is 1. The average Bonchev–Trinajstić information content (AvgIpc) is 2.54. The smallest absolute Gasteiger partial charge is 0.214 e. The minimum Gasteiger partial charge on any atom is -0.359 e. The Morgan fingerprint density at radius 1 is 0.810 bits per heavy atom. The second-order valence-electron chi connectivity index (χ2n) is 4.61. The third-order valence-electron chi connectivity index (χ3n) is 3.18. The zero-order valence-electron chi connectivity index (χ0n) is 11.3. The van der Waals surface area contributed by atoms with Crippen LogP contribution in [0.2, 0.25) is 0 Å². The van der Waals surface area contributed by atoms with E-state index < -0.39 is 5.95 Å². The Balaban J connectivity index is 1.97. The van der Waals surface area contributed by atoms with Crippen molar-refractivity contribution in [3.63, 3.8) is 0 Å². The number of hydrogen-bond donors (Lipinski definition) is 1. The lowest BCUT2D eigenvalue weighted by Crippen LogP contribution is -2.13. The topological polar surface area (TPSA) is 37.8 Å². The highest BCUT2D eigenvalue weighted by molar-refractivity contribution is 5.43. The summed E-state index contributed by atoms with van der Waals surface area (Å²) in [5.41, 5.74) is 2.12. The van der Waals surface area contributed by atoms with E-state index in [1.165, 1.54) is 6.07 Å². The summed E-state index contributed by atoms with van der Waals surface area (Å²) < 4.78 is 13.3. The molecule has 0 saturated heterocycles. The van der Waals surface area contributed by atoms with Gasteiger partial charge in [-0.3, -0.25) is 4.98 Å². The molecular weight excluding hydrogens is 265 g/mol. The normalized spacial score (nSPS) is 11.9. The molecule has 0 spiro atoms. The van der Waals surface area contributed by atoms with Crippen molar-refractivity contribution < 1.29 is 4.39 Å². The Kier molecular flexibility index (Phi) is 3.87. The minimum atomic E-state index is -0.499. The Morgan fingerprint density at radius 2 is 1.52 bits per heavy atom. The number of anilines is 1. The molecule has 0 saturated carbocycles. The Hall–Kier alpha value is -2.75. The number of nitrogens with zero attached hydrogens (tertiary/aromatic N) is 2. The second kappa shape index (κ2) is 6.13. The van der Waals surface area contributed by atoms with Crippen LogP contribution >= 0.6 is 0 Å². The summed E-state index contributed by atoms with van der Waals surface area (Å²) in [6.07, 6.45) is 3.48. The van der Waals surface area contributed by atoms with Crippen LogP contribution in [0.25, 0.3) is 0 Å². The predicted octanol–water partition coefficient (Wildman–Crippen LogP) is 3.82. The Morgan fingerprint density at radius 3 is 2.24 bits per heavy atom. The van der Waals surface area contributed by atoms with Gasteiger partial charge in [-0.05, 0) is 35.4 Å². The maximum atomic E-state index is 13.3. The van der Waals surface area contributed by atoms with Gasteiger partial charge in [0.05, 0.1) is 6.04 Å². The Labute approximate surface area is 122 Å². The summed E-state index contributed by atoms with van der Waals surface area (Å²) >= 11 is 0. The first-order chi connectivity index (χ1) is 10.3. The number of halogens is 1. The summed E-state index contributed by atoms with van der Waals surface area (Å²) in [7, 11) is 0. The molecule has 3 rings (SSSR count). The zero-order chi connectivity index (χ0) is 14.5. The van der Waals surface area contributed by atoms with Crippen molar-refractivity contribution >= 4 is 5.82 Å². The maximum absolute atomic E-state index is 13.3. The van der Waals surface area contributed by atoms with Crippen LogP contribution in [0.5, 0.6) is 0 Å². The van der Waals surface area contributed by atoms with Crippen LogP contribution < -0.4 is 5.32 Å². The van der Waals surface area contributed by atoms with Crippen LogP contribution in [-0.2, 0) is 0 Å². The van der Waals surface area contributed by atoms with E-state index in [1.54, 1.807) is 24.5 Å². The number of rotatable bonds is 4. The predicted molar refractivity (Wildman–Crippen MR) is 80.3 cm³/mol. The molecule has 0 fully saturated rings. The third-order valence-corrected chi connectivity index (χ3v) is 3.18. The van der Waals surface area contributed by atoms with Gasteiger partial charge in [-0.25, -0.2) is 4.98 Å². The molecule has 1 aromatic carbocycles. The average molecular weight is 279 g/mol. The fourth-order valence-corrected chi connectivity index (χ4v) is 2.20. The molecule has 21 heavy (non-hydrogen) atoms. The van der Waals surface area contributed by atoms with E-state index in [2.05, 4.69) is 15.3 Å². The van der Waals surface area contributed by atoms with Crippen molar-refractivity contribution in [2.75, 3.05) is 5.32 Å². The number of benzene rings is 1. The second-order valence-corrected chi connectivity index (χ2v) is 4.61. The molecule has 2 aromatic heterocycles. The minimum absolute atomic E-state index is 0.108. The van der Waals surface area contributed by atoms with Crippen molar-refractivity contribution in [1.82, 2.24) is 9.97 Å². The van der Waals surface area contributed by atoms with Gasteiger partial charge < -0.3 is 5.32 Å². The zero-order valence-corrected chi connectivity index (χ0v) is 11.3. The summed E-state index contributed by atoms with van der Waals surface area (Å²) in [5.74, 6) is 0.00204. The molecule has 2 heterocycles. The summed E-state index contributed by atoms with van der Waals surface area (Å²) in [6, 6.07) is 18.4. The van der Waals surface area contributed by atoms with E-state index in [0.717, 1.165) is 11.1 Å². The van der Waals surface area contributed by atoms with Crippen LogP contribution in [0, 0.1) is 5.95 Å². The highest BCUT2D eigenvalue weighted by atomic mass is 19.1. The first-order valence-electron chi connectivity index (χ1n) is 6.67. The van der Waals surface area contributed by atoms with Gasteiger partial charge in [0.15, 0.2) is 0 Å². The van der Waals surface area contributed by atoms with Crippen LogP contribution in [0.3, 0.4) is 0 Å². The molecule has 0 aliphatic heterocycles. The standard InChI is InChI=1S/C17H14FN3/c18-15-7-4-8-16(20-15)21-17(13-5-2-1-3-6-13)14-9-11-19-12-10-14/h1-12,17H,(H,20,21). The van der Waals surface area contributed by atoms with E-state index in [0.29, 0.717) is 5.82 Å². The molecule has 104 valence electrons. The van der Waals surface area contributed by atoms with Gasteiger partial charge in [-0.2, -0.15) is 4.39 Å². The van der Waals surface area contributed by atoms with E-state index >= 15 is 0 Å². The van der Waals surface area contributed by atoms with Crippen molar-refractivity contribution in [2.24, 2.45) is 0 Å². The molecule has 4 heteroatoms. The van der Waals surface area contributed by atoms with Gasteiger partial charge in [0.1, 0.15) is 5.82 Å². The highest BCUT2D eigenvalue weighted by Crippen LogP contribution is 2.25. The summed E-state index contributed by atoms with van der Waals surface area (Å²) in [5, 5.41) is 3.27. The quantitative estimate of drug-likeness (QED) is 0.738. The van der Waals surface area contributed by atoms with Gasteiger partial charge in [0.25, 0.3) is 0 Å². The lowest BCUT2D eigenvalue weighted by molar-refractivity contribution is 0.584. The fraction of sp³-hybridized carbons (Fsp3) is 0.0588. The molecule has 0 bridgehead atoms. The van der Waals surface area contributed by atoms with E-state index in [9.17, 15) is 4.39 Å². The molecule has 0 amide bonds. The van der Waals surface area contributed by atoms with Crippen LogP contribution in [-0.4, -0.2) is 9.97 Å². The van der Waals surface area contributed by atoms with Crippen molar-refractivity contribution in [3.05, 3.63) is 90.1 Å². The van der Waals surface area contributed by atoms with Crippen molar-refractivity contribution in [2.45, 2.75) is 6.04 Å². The van der Waals surface area contributed by atoms with Gasteiger partial charge in [-0.15, -0.1) is 0 Å². The van der Waals surface area contributed by atoms with E-state index in [1.807, 2.05) is 42.5 Å². The largest absolute Gasteiger partial charge is 0.359 e.